The molecule has 0 aliphatic heterocycles. The lowest BCUT2D eigenvalue weighted by molar-refractivity contribution is -0.385. The smallest absolute Gasteiger partial charge is 0.273 e. The average molecular weight is 376 g/mol. The Bertz CT molecular complexity index is 823. The Morgan fingerprint density at radius 2 is 1.59 bits per heavy atom. The van der Waals surface area contributed by atoms with Crippen LogP contribution >= 0.6 is 0 Å². The second-order valence-electron chi connectivity index (χ2n) is 5.35. The van der Waals surface area contributed by atoms with Gasteiger partial charge in [0.15, 0.2) is 29.6 Å². The Morgan fingerprint density at radius 1 is 0.963 bits per heavy atom. The summed E-state index contributed by atoms with van der Waals surface area (Å²) >= 11 is 0. The molecule has 1 amide bonds. The number of amides is 1. The third-order valence-corrected chi connectivity index (χ3v) is 3.65. The van der Waals surface area contributed by atoms with Crippen LogP contribution in [0.1, 0.15) is 5.56 Å². The van der Waals surface area contributed by atoms with Crippen molar-refractivity contribution in [3.8, 4) is 23.0 Å². The number of methoxy groups -OCH3 is 3. The fraction of sp³-hybridized carbons (Fsp3) is 0.278. The van der Waals surface area contributed by atoms with Crippen molar-refractivity contribution in [2.45, 2.75) is 6.54 Å². The van der Waals surface area contributed by atoms with Crippen LogP contribution in [0.5, 0.6) is 23.0 Å². The number of nitrogens with one attached hydrogen (secondary N) is 1. The SMILES string of the molecule is COc1ccc(CNC(=O)COc2cc([N+](=O)[O-])ccc2OC)cc1OC. The predicted molar refractivity (Wildman–Crippen MR) is 96.5 cm³/mol. The van der Waals surface area contributed by atoms with Gasteiger partial charge in [-0.05, 0) is 23.8 Å². The second kappa shape index (κ2) is 9.27. The summed E-state index contributed by atoms with van der Waals surface area (Å²) in [5.41, 5.74) is 0.658. The molecule has 0 bridgehead atoms. The van der Waals surface area contributed by atoms with Crippen LogP contribution in [0, 0.1) is 10.1 Å². The monoisotopic (exact) mass is 376 g/mol. The molecule has 0 saturated carbocycles. The third kappa shape index (κ3) is 5.24. The largest absolute Gasteiger partial charge is 0.493 e. The zero-order chi connectivity index (χ0) is 19.8. The summed E-state index contributed by atoms with van der Waals surface area (Å²) in [6, 6.07) is 9.21. The molecular weight excluding hydrogens is 356 g/mol. The zero-order valence-electron chi connectivity index (χ0n) is 15.2. The number of nitro groups is 1. The number of rotatable bonds is 9. The summed E-state index contributed by atoms with van der Waals surface area (Å²) in [7, 11) is 4.48. The summed E-state index contributed by atoms with van der Waals surface area (Å²) < 4.78 is 20.8. The van der Waals surface area contributed by atoms with Crippen molar-refractivity contribution < 1.29 is 28.7 Å². The molecule has 9 heteroatoms. The highest BCUT2D eigenvalue weighted by atomic mass is 16.6. The van der Waals surface area contributed by atoms with Gasteiger partial charge in [-0.25, -0.2) is 0 Å². The van der Waals surface area contributed by atoms with Crippen LogP contribution in [-0.4, -0.2) is 38.8 Å². The highest BCUT2D eigenvalue weighted by molar-refractivity contribution is 5.77. The lowest BCUT2D eigenvalue weighted by Crippen LogP contribution is -2.28. The molecule has 2 aromatic carbocycles. The first-order valence-electron chi connectivity index (χ1n) is 7.91. The van der Waals surface area contributed by atoms with Crippen molar-refractivity contribution in [2.24, 2.45) is 0 Å². The van der Waals surface area contributed by atoms with E-state index < -0.39 is 10.8 Å². The first-order chi connectivity index (χ1) is 13.0. The molecular formula is C18H20N2O7. The maximum atomic E-state index is 12.0. The summed E-state index contributed by atoms with van der Waals surface area (Å²) in [6.07, 6.45) is 0. The molecule has 2 aromatic rings. The number of hydrogen-bond donors (Lipinski definition) is 1. The molecule has 9 nitrogen and oxygen atoms in total. The summed E-state index contributed by atoms with van der Waals surface area (Å²) in [5.74, 6) is 1.18. The van der Waals surface area contributed by atoms with Crippen molar-refractivity contribution in [3.05, 3.63) is 52.1 Å². The van der Waals surface area contributed by atoms with E-state index in [4.69, 9.17) is 18.9 Å². The highest BCUT2D eigenvalue weighted by Crippen LogP contribution is 2.31. The van der Waals surface area contributed by atoms with Crippen LogP contribution in [0.3, 0.4) is 0 Å². The molecule has 1 N–H and O–H groups in total. The Hall–Kier alpha value is -3.49. The van der Waals surface area contributed by atoms with Crippen LogP contribution in [0.2, 0.25) is 0 Å². The zero-order valence-corrected chi connectivity index (χ0v) is 15.2. The van der Waals surface area contributed by atoms with E-state index in [0.717, 1.165) is 5.56 Å². The van der Waals surface area contributed by atoms with E-state index in [9.17, 15) is 14.9 Å². The van der Waals surface area contributed by atoms with Crippen molar-refractivity contribution >= 4 is 11.6 Å². The minimum absolute atomic E-state index is 0.118. The van der Waals surface area contributed by atoms with Crippen molar-refractivity contribution in [2.75, 3.05) is 27.9 Å². The van der Waals surface area contributed by atoms with Crippen LogP contribution in [0.15, 0.2) is 36.4 Å². The molecule has 0 atom stereocenters. The van der Waals surface area contributed by atoms with Crippen LogP contribution < -0.4 is 24.3 Å². The molecule has 0 fully saturated rings. The Kier molecular flexibility index (Phi) is 6.81. The van der Waals surface area contributed by atoms with E-state index in [1.165, 1.54) is 32.4 Å². The normalized spacial score (nSPS) is 10.0. The van der Waals surface area contributed by atoms with Gasteiger partial charge >= 0.3 is 0 Å². The molecule has 27 heavy (non-hydrogen) atoms. The fourth-order valence-electron chi connectivity index (χ4n) is 2.28. The number of ether oxygens (including phenoxy) is 4. The van der Waals surface area contributed by atoms with Crippen LogP contribution in [0.4, 0.5) is 5.69 Å². The summed E-state index contributed by atoms with van der Waals surface area (Å²) in [5, 5.41) is 13.6. The van der Waals surface area contributed by atoms with Gasteiger partial charge in [0.2, 0.25) is 0 Å². The van der Waals surface area contributed by atoms with E-state index in [-0.39, 0.29) is 24.6 Å². The van der Waals surface area contributed by atoms with E-state index >= 15 is 0 Å². The lowest BCUT2D eigenvalue weighted by atomic mass is 10.2. The second-order valence-corrected chi connectivity index (χ2v) is 5.35. The third-order valence-electron chi connectivity index (χ3n) is 3.65. The number of benzene rings is 2. The molecule has 0 aromatic heterocycles. The number of carbonyl (C=O) groups is 1. The van der Waals surface area contributed by atoms with Crippen molar-refractivity contribution in [1.29, 1.82) is 0 Å². The quantitative estimate of drug-likeness (QED) is 0.528. The molecule has 0 unspecified atom stereocenters. The van der Waals surface area contributed by atoms with E-state index in [1.54, 1.807) is 25.3 Å². The molecule has 2 rings (SSSR count). The van der Waals surface area contributed by atoms with Gasteiger partial charge in [-0.3, -0.25) is 14.9 Å². The maximum absolute atomic E-state index is 12.0. The summed E-state index contributed by atoms with van der Waals surface area (Å²) in [6.45, 7) is -0.0561. The molecule has 0 aliphatic rings. The molecule has 0 heterocycles. The first kappa shape index (κ1) is 19.8. The number of nitro benzene ring substituents is 1. The van der Waals surface area contributed by atoms with Gasteiger partial charge in [0.05, 0.1) is 32.3 Å². The van der Waals surface area contributed by atoms with Gasteiger partial charge in [0, 0.05) is 12.6 Å². The molecule has 0 saturated heterocycles. The van der Waals surface area contributed by atoms with Gasteiger partial charge in [-0.1, -0.05) is 6.07 Å². The van der Waals surface area contributed by atoms with E-state index in [1.807, 2.05) is 0 Å². The molecule has 0 spiro atoms. The van der Waals surface area contributed by atoms with Crippen LogP contribution in [0.25, 0.3) is 0 Å². The predicted octanol–water partition coefficient (Wildman–Crippen LogP) is 2.32. The van der Waals surface area contributed by atoms with Crippen LogP contribution in [-0.2, 0) is 11.3 Å². The fourth-order valence-corrected chi connectivity index (χ4v) is 2.28. The maximum Gasteiger partial charge on any atom is 0.273 e. The minimum atomic E-state index is -0.552. The Morgan fingerprint density at radius 3 is 2.22 bits per heavy atom. The molecule has 0 aliphatic carbocycles. The van der Waals surface area contributed by atoms with Gasteiger partial charge in [-0.2, -0.15) is 0 Å². The standard InChI is InChI=1S/C18H20N2O7/c1-24-14-6-4-12(8-16(14)26-3)10-19-18(21)11-27-17-9-13(20(22)23)5-7-15(17)25-2/h4-9H,10-11H2,1-3H3,(H,19,21). The lowest BCUT2D eigenvalue weighted by Gasteiger charge is -2.12. The van der Waals surface area contributed by atoms with E-state index in [2.05, 4.69) is 5.32 Å². The summed E-state index contributed by atoms with van der Waals surface area (Å²) in [4.78, 5) is 22.3. The van der Waals surface area contributed by atoms with Gasteiger partial charge in [-0.15, -0.1) is 0 Å². The average Bonchev–Trinajstić information content (AvgIpc) is 2.69. The Balaban J connectivity index is 1.95. The van der Waals surface area contributed by atoms with Crippen molar-refractivity contribution in [1.82, 2.24) is 5.32 Å². The minimum Gasteiger partial charge on any atom is -0.493 e. The van der Waals surface area contributed by atoms with Gasteiger partial charge < -0.3 is 24.3 Å². The highest BCUT2D eigenvalue weighted by Gasteiger charge is 2.14. The topological polar surface area (TPSA) is 109 Å². The number of hydrogen-bond acceptors (Lipinski definition) is 7. The molecule has 144 valence electrons. The van der Waals surface area contributed by atoms with Crippen molar-refractivity contribution in [3.63, 3.8) is 0 Å². The van der Waals surface area contributed by atoms with Gasteiger partial charge in [0.1, 0.15) is 0 Å². The van der Waals surface area contributed by atoms with E-state index in [0.29, 0.717) is 17.2 Å². The molecule has 0 radical (unpaired) electrons. The number of nitrogens with zero attached hydrogens (tertiary/aromatic N) is 1. The Labute approximate surface area is 155 Å². The van der Waals surface area contributed by atoms with Gasteiger partial charge in [0.25, 0.3) is 11.6 Å². The number of carbonyl (C=O) groups excluding carboxylic acids is 1. The first-order valence-corrected chi connectivity index (χ1v) is 7.91. The number of non-ortho nitro benzene ring substituents is 1.